The molecule has 0 aliphatic carbocycles. The van der Waals surface area contributed by atoms with Gasteiger partial charge < -0.3 is 0 Å². The summed E-state index contributed by atoms with van der Waals surface area (Å²) in [5, 5.41) is 0.789. The third-order valence-electron chi connectivity index (χ3n) is 2.87. The number of benzene rings is 1. The largest absolute Gasteiger partial charge is 0.281 e. The molecule has 1 aromatic carbocycles. The number of hydrogen-bond donors (Lipinski definition) is 2. The van der Waals surface area contributed by atoms with Crippen LogP contribution in [0.15, 0.2) is 30.3 Å². The third-order valence-corrected chi connectivity index (χ3v) is 4.69. The van der Waals surface area contributed by atoms with E-state index in [2.05, 4.69) is 15.8 Å². The quantitative estimate of drug-likeness (QED) is 0.824. The van der Waals surface area contributed by atoms with Gasteiger partial charge in [-0.1, -0.05) is 30.3 Å². The number of nitrogens with one attached hydrogen (secondary N) is 2. The summed E-state index contributed by atoms with van der Waals surface area (Å²) >= 11 is 2.89. The average Bonchev–Trinajstić information content (AvgIpc) is 2.93. The molecule has 22 heavy (non-hydrogen) atoms. The minimum Gasteiger partial charge on any atom is -0.273 e. The summed E-state index contributed by atoms with van der Waals surface area (Å²) in [4.78, 5) is 28.5. The number of carbonyl (C=O) groups excluding carboxylic acids is 2. The van der Waals surface area contributed by atoms with Gasteiger partial charge in [-0.15, -0.1) is 11.3 Å². The lowest BCUT2D eigenvalue weighted by Crippen LogP contribution is -2.41. The molecule has 0 radical (unpaired) electrons. The Morgan fingerprint density at radius 2 is 1.95 bits per heavy atom. The van der Waals surface area contributed by atoms with E-state index in [4.69, 9.17) is 0 Å². The maximum absolute atomic E-state index is 12.1. The van der Waals surface area contributed by atoms with Gasteiger partial charge in [0.1, 0.15) is 9.88 Å². The first-order valence-corrected chi connectivity index (χ1v) is 8.94. The van der Waals surface area contributed by atoms with Crippen LogP contribution in [-0.4, -0.2) is 28.8 Å². The number of rotatable bonds is 5. The van der Waals surface area contributed by atoms with E-state index in [0.717, 1.165) is 16.3 Å². The Bertz CT molecular complexity index is 656. The number of hydrogen-bond acceptors (Lipinski definition) is 5. The van der Waals surface area contributed by atoms with Crippen LogP contribution in [0.2, 0.25) is 0 Å². The first kappa shape index (κ1) is 16.5. The zero-order chi connectivity index (χ0) is 15.9. The van der Waals surface area contributed by atoms with E-state index in [9.17, 15) is 9.59 Å². The minimum atomic E-state index is -0.338. The maximum Gasteiger partial charge on any atom is 0.281 e. The molecular weight excluding hydrogens is 318 g/mol. The summed E-state index contributed by atoms with van der Waals surface area (Å²) in [5.41, 5.74) is 6.48. The van der Waals surface area contributed by atoms with Crippen LogP contribution in [0, 0.1) is 6.92 Å². The van der Waals surface area contributed by atoms with Crippen LogP contribution in [0.3, 0.4) is 0 Å². The molecule has 0 unspecified atom stereocenters. The van der Waals surface area contributed by atoms with E-state index in [0.29, 0.717) is 17.0 Å². The van der Waals surface area contributed by atoms with E-state index in [1.807, 2.05) is 36.6 Å². The summed E-state index contributed by atoms with van der Waals surface area (Å²) in [6.45, 7) is 1.79. The SMILES string of the molecule is CSCCC(=O)NNC(=O)c1sc(-c2ccccc2)nc1C. The van der Waals surface area contributed by atoms with Crippen molar-refractivity contribution in [1.82, 2.24) is 15.8 Å². The molecule has 0 aliphatic rings. The Kier molecular flexibility index (Phi) is 5.97. The topological polar surface area (TPSA) is 71.1 Å². The Morgan fingerprint density at radius 1 is 1.23 bits per heavy atom. The summed E-state index contributed by atoms with van der Waals surface area (Å²) < 4.78 is 0. The van der Waals surface area contributed by atoms with Gasteiger partial charge >= 0.3 is 0 Å². The zero-order valence-electron chi connectivity index (χ0n) is 12.4. The first-order chi connectivity index (χ1) is 10.6. The second kappa shape index (κ2) is 7.95. The van der Waals surface area contributed by atoms with Crippen molar-refractivity contribution in [2.45, 2.75) is 13.3 Å². The lowest BCUT2D eigenvalue weighted by Gasteiger charge is -2.05. The van der Waals surface area contributed by atoms with E-state index in [1.165, 1.54) is 11.3 Å². The molecule has 2 aromatic rings. The van der Waals surface area contributed by atoms with Crippen molar-refractivity contribution >= 4 is 34.9 Å². The van der Waals surface area contributed by atoms with Crippen molar-refractivity contribution in [3.63, 3.8) is 0 Å². The standard InChI is InChI=1S/C15H17N3O2S2/c1-10-13(14(20)18-17-12(19)8-9-21-2)22-15(16-10)11-6-4-3-5-7-11/h3-7H,8-9H2,1-2H3,(H,17,19)(H,18,20). The molecule has 1 aromatic heterocycles. The smallest absolute Gasteiger partial charge is 0.273 e. The number of carbonyl (C=O) groups is 2. The molecule has 5 nitrogen and oxygen atoms in total. The number of aromatic nitrogens is 1. The normalized spacial score (nSPS) is 10.3. The first-order valence-electron chi connectivity index (χ1n) is 6.72. The highest BCUT2D eigenvalue weighted by atomic mass is 32.2. The molecule has 2 N–H and O–H groups in total. The summed E-state index contributed by atoms with van der Waals surface area (Å²) in [7, 11) is 0. The number of thioether (sulfide) groups is 1. The van der Waals surface area contributed by atoms with Crippen molar-refractivity contribution in [1.29, 1.82) is 0 Å². The average molecular weight is 335 g/mol. The van der Waals surface area contributed by atoms with E-state index >= 15 is 0 Å². The molecule has 2 rings (SSSR count). The molecule has 1 heterocycles. The highest BCUT2D eigenvalue weighted by molar-refractivity contribution is 7.98. The predicted octanol–water partition coefficient (Wildman–Crippen LogP) is 2.63. The fourth-order valence-electron chi connectivity index (χ4n) is 1.75. The molecule has 0 aliphatic heterocycles. The van der Waals surface area contributed by atoms with Gasteiger partial charge in [0.25, 0.3) is 5.91 Å². The highest BCUT2D eigenvalue weighted by Gasteiger charge is 2.16. The summed E-state index contributed by atoms with van der Waals surface area (Å²) in [5.74, 6) is 0.183. The van der Waals surface area contributed by atoms with E-state index in [1.54, 1.807) is 18.7 Å². The van der Waals surface area contributed by atoms with Crippen LogP contribution in [0.4, 0.5) is 0 Å². The molecule has 0 saturated carbocycles. The van der Waals surface area contributed by atoms with Gasteiger partial charge in [0, 0.05) is 17.7 Å². The van der Waals surface area contributed by atoms with Crippen LogP contribution in [-0.2, 0) is 4.79 Å². The highest BCUT2D eigenvalue weighted by Crippen LogP contribution is 2.27. The van der Waals surface area contributed by atoms with E-state index in [-0.39, 0.29) is 11.8 Å². The summed E-state index contributed by atoms with van der Waals surface area (Å²) in [6.07, 6.45) is 2.30. The molecule has 0 atom stereocenters. The number of nitrogens with zero attached hydrogens (tertiary/aromatic N) is 1. The van der Waals surface area contributed by atoms with Gasteiger partial charge in [0.05, 0.1) is 5.69 Å². The Labute approximate surface area is 137 Å². The lowest BCUT2D eigenvalue weighted by molar-refractivity contribution is -0.121. The maximum atomic E-state index is 12.1. The van der Waals surface area contributed by atoms with Gasteiger partial charge in [-0.3, -0.25) is 20.4 Å². The number of hydrazine groups is 1. The predicted molar refractivity (Wildman–Crippen MR) is 90.9 cm³/mol. The van der Waals surface area contributed by atoms with Gasteiger partial charge in [-0.25, -0.2) is 4.98 Å². The number of aryl methyl sites for hydroxylation is 1. The fraction of sp³-hybridized carbons (Fsp3) is 0.267. The van der Waals surface area contributed by atoms with Crippen LogP contribution < -0.4 is 10.9 Å². The van der Waals surface area contributed by atoms with E-state index < -0.39 is 0 Å². The van der Waals surface area contributed by atoms with Crippen molar-refractivity contribution in [2.24, 2.45) is 0 Å². The van der Waals surface area contributed by atoms with Crippen molar-refractivity contribution in [2.75, 3.05) is 12.0 Å². The van der Waals surface area contributed by atoms with Crippen LogP contribution >= 0.6 is 23.1 Å². The zero-order valence-corrected chi connectivity index (χ0v) is 14.0. The van der Waals surface area contributed by atoms with Gasteiger partial charge in [-0.05, 0) is 13.2 Å². The fourth-order valence-corrected chi connectivity index (χ4v) is 3.11. The second-order valence-corrected chi connectivity index (χ2v) is 6.53. The molecule has 0 fully saturated rings. The lowest BCUT2D eigenvalue weighted by atomic mass is 10.2. The summed E-state index contributed by atoms with van der Waals surface area (Å²) in [6, 6.07) is 9.69. The Hall–Kier alpha value is -1.86. The van der Waals surface area contributed by atoms with Crippen LogP contribution in [0.5, 0.6) is 0 Å². The molecule has 7 heteroatoms. The van der Waals surface area contributed by atoms with Crippen LogP contribution in [0.25, 0.3) is 10.6 Å². The molecule has 116 valence electrons. The number of thiazole rings is 1. The van der Waals surface area contributed by atoms with Crippen molar-refractivity contribution < 1.29 is 9.59 Å². The molecule has 0 bridgehead atoms. The molecular formula is C15H17N3O2S2. The Morgan fingerprint density at radius 3 is 2.64 bits per heavy atom. The van der Waals surface area contributed by atoms with Gasteiger partial charge in [-0.2, -0.15) is 11.8 Å². The van der Waals surface area contributed by atoms with Crippen molar-refractivity contribution in [3.05, 3.63) is 40.9 Å². The molecule has 0 spiro atoms. The van der Waals surface area contributed by atoms with Gasteiger partial charge in [0.2, 0.25) is 5.91 Å². The molecule has 2 amide bonds. The third kappa shape index (κ3) is 4.32. The van der Waals surface area contributed by atoms with Gasteiger partial charge in [0.15, 0.2) is 0 Å². The minimum absolute atomic E-state index is 0.201. The van der Waals surface area contributed by atoms with Crippen LogP contribution in [0.1, 0.15) is 21.8 Å². The Balaban J connectivity index is 2.02. The monoisotopic (exact) mass is 335 g/mol. The second-order valence-electron chi connectivity index (χ2n) is 4.54. The van der Waals surface area contributed by atoms with Crippen molar-refractivity contribution in [3.8, 4) is 10.6 Å². The number of amides is 2. The molecule has 0 saturated heterocycles.